The molecule has 1 aliphatic rings. The molecular weight excluding hydrogens is 246 g/mol. The Bertz CT molecular complexity index is 383. The number of hydrogen-bond acceptors (Lipinski definition) is 3. The van der Waals surface area contributed by atoms with Crippen LogP contribution in [0, 0.1) is 5.92 Å². The van der Waals surface area contributed by atoms with Crippen molar-refractivity contribution in [3.8, 4) is 0 Å². The minimum absolute atomic E-state index is 0.601. The van der Waals surface area contributed by atoms with Crippen LogP contribution in [-0.2, 0) is 6.54 Å². The number of nitrogens with zero attached hydrogens (tertiary/aromatic N) is 2. The standard InChI is InChI=1S/C14H22ClN3/c1-3-11(2)14-10-18(7-6-17-14)9-12-4-5-16-8-13(12)15/h4-5,8,11,14,17H,3,6-7,9-10H2,1-2H3. The molecule has 0 amide bonds. The summed E-state index contributed by atoms with van der Waals surface area (Å²) in [4.78, 5) is 6.51. The maximum Gasteiger partial charge on any atom is 0.0634 e. The van der Waals surface area contributed by atoms with E-state index in [1.165, 1.54) is 12.0 Å². The van der Waals surface area contributed by atoms with Crippen molar-refractivity contribution in [2.45, 2.75) is 32.9 Å². The van der Waals surface area contributed by atoms with Crippen LogP contribution in [0.25, 0.3) is 0 Å². The largest absolute Gasteiger partial charge is 0.311 e. The Morgan fingerprint density at radius 1 is 1.61 bits per heavy atom. The molecule has 2 rings (SSSR count). The Labute approximate surface area is 115 Å². The zero-order chi connectivity index (χ0) is 13.0. The molecule has 3 nitrogen and oxygen atoms in total. The van der Waals surface area contributed by atoms with Gasteiger partial charge >= 0.3 is 0 Å². The average Bonchev–Trinajstić information content (AvgIpc) is 2.41. The molecule has 0 aromatic carbocycles. The highest BCUT2D eigenvalue weighted by Crippen LogP contribution is 2.18. The van der Waals surface area contributed by atoms with Crippen LogP contribution in [0.4, 0.5) is 0 Å². The topological polar surface area (TPSA) is 28.2 Å². The summed E-state index contributed by atoms with van der Waals surface area (Å²) < 4.78 is 0. The van der Waals surface area contributed by atoms with Gasteiger partial charge < -0.3 is 5.32 Å². The lowest BCUT2D eigenvalue weighted by molar-refractivity contribution is 0.162. The van der Waals surface area contributed by atoms with Gasteiger partial charge in [-0.25, -0.2) is 0 Å². The number of piperazine rings is 1. The summed E-state index contributed by atoms with van der Waals surface area (Å²) in [5.41, 5.74) is 1.18. The van der Waals surface area contributed by atoms with E-state index in [0.29, 0.717) is 6.04 Å². The van der Waals surface area contributed by atoms with Gasteiger partial charge in [0.1, 0.15) is 0 Å². The van der Waals surface area contributed by atoms with Crippen molar-refractivity contribution in [3.05, 3.63) is 29.0 Å². The summed E-state index contributed by atoms with van der Waals surface area (Å²) in [6, 6.07) is 2.62. The van der Waals surface area contributed by atoms with Crippen LogP contribution in [-0.4, -0.2) is 35.6 Å². The van der Waals surface area contributed by atoms with Gasteiger partial charge in [-0.2, -0.15) is 0 Å². The van der Waals surface area contributed by atoms with Crippen LogP contribution in [0.3, 0.4) is 0 Å². The van der Waals surface area contributed by atoms with E-state index in [-0.39, 0.29) is 0 Å². The lowest BCUT2D eigenvalue weighted by Gasteiger charge is -2.36. The highest BCUT2D eigenvalue weighted by atomic mass is 35.5. The molecule has 2 unspecified atom stereocenters. The first-order valence-corrected chi connectivity index (χ1v) is 7.12. The molecule has 1 fully saturated rings. The molecule has 0 radical (unpaired) electrons. The van der Waals surface area contributed by atoms with Crippen molar-refractivity contribution >= 4 is 11.6 Å². The predicted molar refractivity (Wildman–Crippen MR) is 75.8 cm³/mol. The molecule has 1 aliphatic heterocycles. The molecule has 2 atom stereocenters. The second kappa shape index (κ2) is 6.50. The van der Waals surface area contributed by atoms with Gasteiger partial charge in [0.15, 0.2) is 0 Å². The third kappa shape index (κ3) is 3.44. The summed E-state index contributed by atoms with van der Waals surface area (Å²) in [7, 11) is 0. The minimum atomic E-state index is 0.601. The van der Waals surface area contributed by atoms with Crippen LogP contribution in [0.1, 0.15) is 25.8 Å². The van der Waals surface area contributed by atoms with E-state index < -0.39 is 0 Å². The van der Waals surface area contributed by atoms with E-state index >= 15 is 0 Å². The molecule has 100 valence electrons. The Kier molecular flexibility index (Phi) is 4.98. The lowest BCUT2D eigenvalue weighted by atomic mass is 9.97. The van der Waals surface area contributed by atoms with Crippen molar-refractivity contribution in [2.24, 2.45) is 5.92 Å². The van der Waals surface area contributed by atoms with Gasteiger partial charge in [-0.15, -0.1) is 0 Å². The summed E-state index contributed by atoms with van der Waals surface area (Å²) >= 11 is 6.16. The number of halogens is 1. The molecule has 2 heterocycles. The van der Waals surface area contributed by atoms with Crippen LogP contribution in [0.5, 0.6) is 0 Å². The number of rotatable bonds is 4. The fraction of sp³-hybridized carbons (Fsp3) is 0.643. The smallest absolute Gasteiger partial charge is 0.0634 e. The molecule has 0 aliphatic carbocycles. The summed E-state index contributed by atoms with van der Waals surface area (Å²) in [6.07, 6.45) is 4.77. The van der Waals surface area contributed by atoms with Gasteiger partial charge in [0, 0.05) is 44.6 Å². The van der Waals surface area contributed by atoms with Crippen molar-refractivity contribution in [1.29, 1.82) is 0 Å². The Morgan fingerprint density at radius 3 is 3.17 bits per heavy atom. The van der Waals surface area contributed by atoms with Gasteiger partial charge in [-0.1, -0.05) is 31.9 Å². The minimum Gasteiger partial charge on any atom is -0.311 e. The number of aromatic nitrogens is 1. The lowest BCUT2D eigenvalue weighted by Crippen LogP contribution is -2.52. The maximum atomic E-state index is 6.16. The van der Waals surface area contributed by atoms with Gasteiger partial charge in [-0.3, -0.25) is 9.88 Å². The highest BCUT2D eigenvalue weighted by molar-refractivity contribution is 6.31. The SMILES string of the molecule is CCC(C)C1CN(Cc2ccncc2Cl)CCN1. The summed E-state index contributed by atoms with van der Waals surface area (Å²) in [5.74, 6) is 0.723. The van der Waals surface area contributed by atoms with E-state index in [2.05, 4.69) is 29.0 Å². The summed E-state index contributed by atoms with van der Waals surface area (Å²) in [6.45, 7) is 8.76. The van der Waals surface area contributed by atoms with E-state index in [0.717, 1.165) is 37.1 Å². The molecule has 1 aromatic heterocycles. The first-order valence-electron chi connectivity index (χ1n) is 6.74. The third-order valence-electron chi connectivity index (χ3n) is 3.87. The fourth-order valence-electron chi connectivity index (χ4n) is 2.42. The van der Waals surface area contributed by atoms with Gasteiger partial charge in [-0.05, 0) is 17.5 Å². The molecule has 1 saturated heterocycles. The number of pyridine rings is 1. The molecule has 4 heteroatoms. The normalized spacial score (nSPS) is 22.9. The van der Waals surface area contributed by atoms with E-state index in [1.54, 1.807) is 6.20 Å². The molecule has 18 heavy (non-hydrogen) atoms. The van der Waals surface area contributed by atoms with Crippen molar-refractivity contribution < 1.29 is 0 Å². The van der Waals surface area contributed by atoms with E-state index in [4.69, 9.17) is 11.6 Å². The Morgan fingerprint density at radius 2 is 2.44 bits per heavy atom. The predicted octanol–water partition coefficient (Wildman–Crippen LogP) is 2.55. The van der Waals surface area contributed by atoms with Crippen LogP contribution < -0.4 is 5.32 Å². The molecule has 0 bridgehead atoms. The number of nitrogens with one attached hydrogen (secondary N) is 1. The molecule has 0 spiro atoms. The van der Waals surface area contributed by atoms with E-state index in [1.807, 2.05) is 12.3 Å². The molecule has 0 saturated carbocycles. The van der Waals surface area contributed by atoms with Gasteiger partial charge in [0.05, 0.1) is 5.02 Å². The zero-order valence-electron chi connectivity index (χ0n) is 11.2. The molecular formula is C14H22ClN3. The number of hydrogen-bond donors (Lipinski definition) is 1. The van der Waals surface area contributed by atoms with Crippen LogP contribution in [0.2, 0.25) is 5.02 Å². The summed E-state index contributed by atoms with van der Waals surface area (Å²) in [5, 5.41) is 4.39. The zero-order valence-corrected chi connectivity index (χ0v) is 12.0. The van der Waals surface area contributed by atoms with Crippen molar-refractivity contribution in [3.63, 3.8) is 0 Å². The van der Waals surface area contributed by atoms with Gasteiger partial charge in [0.2, 0.25) is 0 Å². The van der Waals surface area contributed by atoms with Crippen molar-refractivity contribution in [1.82, 2.24) is 15.2 Å². The van der Waals surface area contributed by atoms with Crippen LogP contribution >= 0.6 is 11.6 Å². The van der Waals surface area contributed by atoms with Crippen molar-refractivity contribution in [2.75, 3.05) is 19.6 Å². The quantitative estimate of drug-likeness (QED) is 0.909. The molecule has 1 aromatic rings. The van der Waals surface area contributed by atoms with E-state index in [9.17, 15) is 0 Å². The second-order valence-corrected chi connectivity index (χ2v) is 5.56. The third-order valence-corrected chi connectivity index (χ3v) is 4.21. The first-order chi connectivity index (χ1) is 8.70. The average molecular weight is 268 g/mol. The molecule has 1 N–H and O–H groups in total. The second-order valence-electron chi connectivity index (χ2n) is 5.15. The van der Waals surface area contributed by atoms with Crippen LogP contribution in [0.15, 0.2) is 18.5 Å². The van der Waals surface area contributed by atoms with Gasteiger partial charge in [0.25, 0.3) is 0 Å². The maximum absolute atomic E-state index is 6.16. The first kappa shape index (κ1) is 13.8. The Balaban J connectivity index is 1.96. The fourth-order valence-corrected chi connectivity index (χ4v) is 2.60. The highest BCUT2D eigenvalue weighted by Gasteiger charge is 2.23. The Hall–Kier alpha value is -0.640. The monoisotopic (exact) mass is 267 g/mol.